The molecular formula is C38H45N3O8. The van der Waals surface area contributed by atoms with Gasteiger partial charge in [0.05, 0.1) is 37.3 Å². The summed E-state index contributed by atoms with van der Waals surface area (Å²) in [5.74, 6) is -4.04. The molecule has 4 heterocycles. The van der Waals surface area contributed by atoms with Crippen molar-refractivity contribution in [2.45, 2.75) is 69.2 Å². The van der Waals surface area contributed by atoms with E-state index >= 15 is 0 Å². The van der Waals surface area contributed by atoms with E-state index in [1.54, 1.807) is 17.1 Å². The van der Waals surface area contributed by atoms with Gasteiger partial charge in [0.1, 0.15) is 23.7 Å². The Hall–Kier alpha value is -4.32. The third kappa shape index (κ3) is 6.54. The maximum atomic E-state index is 14.9. The van der Waals surface area contributed by atoms with Crippen molar-refractivity contribution in [1.82, 2.24) is 15.1 Å². The monoisotopic (exact) mass is 671 g/mol. The highest BCUT2D eigenvalue weighted by Crippen LogP contribution is 2.56. The lowest BCUT2D eigenvalue weighted by molar-refractivity contribution is -0.163. The smallest absolute Gasteiger partial charge is 0.313 e. The molecule has 4 aliphatic rings. The van der Waals surface area contributed by atoms with Crippen LogP contribution in [0.5, 0.6) is 0 Å². The van der Waals surface area contributed by atoms with Crippen LogP contribution >= 0.6 is 0 Å². The van der Waals surface area contributed by atoms with E-state index in [2.05, 4.69) is 5.32 Å². The minimum absolute atomic E-state index is 0.0661. The number of rotatable bonds is 8. The van der Waals surface area contributed by atoms with Gasteiger partial charge >= 0.3 is 5.97 Å². The zero-order valence-corrected chi connectivity index (χ0v) is 28.1. The van der Waals surface area contributed by atoms with Crippen molar-refractivity contribution in [3.8, 4) is 0 Å². The summed E-state index contributed by atoms with van der Waals surface area (Å²) < 4.78 is 18.3. The number of hydrogen-bond acceptors (Lipinski definition) is 8. The molecular weight excluding hydrogens is 626 g/mol. The van der Waals surface area contributed by atoms with E-state index in [0.29, 0.717) is 12.0 Å². The average molecular weight is 672 g/mol. The fourth-order valence-electron chi connectivity index (χ4n) is 7.77. The molecule has 5 bridgehead atoms. The summed E-state index contributed by atoms with van der Waals surface area (Å²) in [6.07, 6.45) is 6.05. The number of ether oxygens (including phenoxy) is 3. The minimum atomic E-state index is -1.44. The van der Waals surface area contributed by atoms with Crippen LogP contribution in [0.1, 0.15) is 43.9 Å². The molecule has 2 aromatic rings. The zero-order valence-electron chi connectivity index (χ0n) is 28.1. The van der Waals surface area contributed by atoms with E-state index in [9.17, 15) is 24.3 Å². The van der Waals surface area contributed by atoms with Gasteiger partial charge in [0, 0.05) is 26.6 Å². The standard InChI is InChI=1S/C38H45N3O8/c1-24(2)28(22-42)41-34-36(45)40(21-25-13-7-4-8-14-25)20-12-6-11-17-30(43)39-27(23-47-3)33(26-15-9-5-10-16-26)48-37(46)31-29-18-19-38(34,49-29)32(31)35(41)44/h4-10,12-16,18-19,24,27-29,31-34,42H,11,17,20-23H2,1-3H3,(H,39,43)/b12-6-/t27-,28-,29+,31-,32-,33-,34+,38-/m0/s1. The Morgan fingerprint density at radius 2 is 1.71 bits per heavy atom. The number of likely N-dealkylation sites (tertiary alicyclic amines) is 1. The van der Waals surface area contributed by atoms with Crippen LogP contribution in [0.4, 0.5) is 0 Å². The van der Waals surface area contributed by atoms with Gasteiger partial charge in [-0.25, -0.2) is 0 Å². The van der Waals surface area contributed by atoms with Crippen molar-refractivity contribution in [2.24, 2.45) is 17.8 Å². The third-order valence-electron chi connectivity index (χ3n) is 10.1. The average Bonchev–Trinajstić information content (AvgIpc) is 3.74. The number of carbonyl (C=O) groups excluding carboxylic acids is 4. The second-order valence-corrected chi connectivity index (χ2v) is 13.6. The molecule has 1 spiro atoms. The highest BCUT2D eigenvalue weighted by molar-refractivity contribution is 5.99. The molecule has 49 heavy (non-hydrogen) atoms. The van der Waals surface area contributed by atoms with Crippen molar-refractivity contribution < 1.29 is 38.5 Å². The number of amides is 3. The van der Waals surface area contributed by atoms with E-state index in [1.807, 2.05) is 86.7 Å². The fourth-order valence-corrected chi connectivity index (χ4v) is 7.77. The molecule has 2 aromatic carbocycles. The normalized spacial score (nSPS) is 31.5. The summed E-state index contributed by atoms with van der Waals surface area (Å²) >= 11 is 0. The second kappa shape index (κ2) is 14.7. The van der Waals surface area contributed by atoms with Crippen molar-refractivity contribution in [2.75, 3.05) is 26.9 Å². The van der Waals surface area contributed by atoms with Crippen molar-refractivity contribution in [3.63, 3.8) is 0 Å². The molecule has 11 heteroatoms. The van der Waals surface area contributed by atoms with Crippen LogP contribution < -0.4 is 5.32 Å². The first kappa shape index (κ1) is 34.5. The topological polar surface area (TPSA) is 135 Å². The number of aliphatic hydroxyl groups excluding tert-OH is 1. The fraction of sp³-hybridized carbons (Fsp3) is 0.474. The quantitative estimate of drug-likeness (QED) is 0.323. The number of allylic oxidation sites excluding steroid dienone is 1. The molecule has 6 rings (SSSR count). The predicted octanol–water partition coefficient (Wildman–Crippen LogP) is 2.95. The van der Waals surface area contributed by atoms with Crippen LogP contribution in [0.25, 0.3) is 0 Å². The number of nitrogens with one attached hydrogen (secondary N) is 1. The molecule has 260 valence electrons. The molecule has 0 saturated carbocycles. The summed E-state index contributed by atoms with van der Waals surface area (Å²) in [5, 5.41) is 13.6. The number of fused-ring (bicyclic) bond motifs is 2. The Morgan fingerprint density at radius 1 is 1.00 bits per heavy atom. The molecule has 0 unspecified atom stereocenters. The maximum absolute atomic E-state index is 14.9. The number of hydrogen-bond donors (Lipinski definition) is 2. The Balaban J connectivity index is 1.46. The molecule has 0 radical (unpaired) electrons. The molecule has 3 amide bonds. The minimum Gasteiger partial charge on any atom is -0.455 e. The van der Waals surface area contributed by atoms with Crippen molar-refractivity contribution in [1.29, 1.82) is 0 Å². The highest BCUT2D eigenvalue weighted by atomic mass is 16.6. The van der Waals surface area contributed by atoms with Crippen LogP contribution in [0.2, 0.25) is 0 Å². The summed E-state index contributed by atoms with van der Waals surface area (Å²) in [4.78, 5) is 60.3. The van der Waals surface area contributed by atoms with Gasteiger partial charge in [-0.05, 0) is 23.5 Å². The Labute approximate surface area is 286 Å². The van der Waals surface area contributed by atoms with E-state index < -0.39 is 59.6 Å². The Kier molecular flexibility index (Phi) is 10.3. The third-order valence-corrected chi connectivity index (χ3v) is 10.1. The second-order valence-electron chi connectivity index (χ2n) is 13.6. The van der Waals surface area contributed by atoms with Gasteiger partial charge in [-0.1, -0.05) is 98.8 Å². The summed E-state index contributed by atoms with van der Waals surface area (Å²) in [7, 11) is 1.51. The molecule has 0 aromatic heterocycles. The van der Waals surface area contributed by atoms with Crippen LogP contribution in [0.15, 0.2) is 85.0 Å². The first-order valence-electron chi connectivity index (χ1n) is 17.0. The number of carbonyl (C=O) groups is 4. The van der Waals surface area contributed by atoms with Gasteiger partial charge in [-0.2, -0.15) is 0 Å². The van der Waals surface area contributed by atoms with E-state index in [4.69, 9.17) is 14.2 Å². The van der Waals surface area contributed by atoms with E-state index in [0.717, 1.165) is 5.56 Å². The molecule has 4 aliphatic heterocycles. The number of aliphatic hydroxyl groups is 1. The molecule has 2 N–H and O–H groups in total. The van der Waals surface area contributed by atoms with Crippen LogP contribution in [-0.4, -0.2) is 95.3 Å². The van der Waals surface area contributed by atoms with Gasteiger partial charge < -0.3 is 34.4 Å². The number of esters is 1. The van der Waals surface area contributed by atoms with Crippen LogP contribution in [-0.2, 0) is 39.9 Å². The lowest BCUT2D eigenvalue weighted by Crippen LogP contribution is -2.59. The van der Waals surface area contributed by atoms with E-state index in [1.165, 1.54) is 12.0 Å². The van der Waals surface area contributed by atoms with Crippen molar-refractivity contribution >= 4 is 23.7 Å². The Bertz CT molecular complexity index is 1580. The van der Waals surface area contributed by atoms with Gasteiger partial charge in [0.15, 0.2) is 0 Å². The lowest BCUT2D eigenvalue weighted by atomic mass is 9.74. The summed E-state index contributed by atoms with van der Waals surface area (Å²) in [5.41, 5.74) is 0.0982. The maximum Gasteiger partial charge on any atom is 0.313 e. The largest absolute Gasteiger partial charge is 0.455 e. The zero-order chi connectivity index (χ0) is 34.7. The van der Waals surface area contributed by atoms with Gasteiger partial charge in [0.2, 0.25) is 17.7 Å². The van der Waals surface area contributed by atoms with Crippen LogP contribution in [0, 0.1) is 17.8 Å². The lowest BCUT2D eigenvalue weighted by Gasteiger charge is -2.40. The van der Waals surface area contributed by atoms with Gasteiger partial charge in [-0.3, -0.25) is 19.2 Å². The molecule has 11 nitrogen and oxygen atoms in total. The molecule has 0 aliphatic carbocycles. The van der Waals surface area contributed by atoms with Crippen LogP contribution in [0.3, 0.4) is 0 Å². The van der Waals surface area contributed by atoms with Gasteiger partial charge in [0.25, 0.3) is 0 Å². The molecule has 2 fully saturated rings. The molecule has 2 saturated heterocycles. The molecule has 8 atom stereocenters. The number of cyclic esters (lactones) is 1. The van der Waals surface area contributed by atoms with E-state index in [-0.39, 0.29) is 50.5 Å². The Morgan fingerprint density at radius 3 is 2.39 bits per heavy atom. The number of benzene rings is 2. The van der Waals surface area contributed by atoms with Gasteiger partial charge in [-0.15, -0.1) is 0 Å². The highest BCUT2D eigenvalue weighted by Gasteiger charge is 2.74. The van der Waals surface area contributed by atoms with Crippen molar-refractivity contribution in [3.05, 3.63) is 96.1 Å². The predicted molar refractivity (Wildman–Crippen MR) is 179 cm³/mol. The number of nitrogens with zero attached hydrogens (tertiary/aromatic N) is 2. The first-order chi connectivity index (χ1) is 23.7. The first-order valence-corrected chi connectivity index (χ1v) is 17.0. The summed E-state index contributed by atoms with van der Waals surface area (Å²) in [6, 6.07) is 16.1. The summed E-state index contributed by atoms with van der Waals surface area (Å²) in [6.45, 7) is 3.94. The SMILES string of the molecule is COC[C@@H]1NC(=O)CC/C=C\CN(Cc2ccccc2)C(=O)[C@H]2N([C@@H](CO)C(C)C)C(=O)[C@@H]3[C@@H](C(=O)O[C@H]1c1ccccc1)[C@H]1C=C[C@]32O1. The number of methoxy groups -OCH3 is 1.